The first-order chi connectivity index (χ1) is 8.84. The molecule has 1 aliphatic heterocycles. The number of rotatable bonds is 2. The molecule has 94 valence electrons. The molecule has 1 saturated heterocycles. The Bertz CT molecular complexity index is 518. The molecule has 0 bridgehead atoms. The van der Waals surface area contributed by atoms with E-state index >= 15 is 0 Å². The highest BCUT2D eigenvalue weighted by Gasteiger charge is 2.16. The number of nitrogens with zero attached hydrogens (tertiary/aromatic N) is 3. The molecule has 0 saturated carbocycles. The second-order valence-electron chi connectivity index (χ2n) is 4.59. The quantitative estimate of drug-likeness (QED) is 0.904. The van der Waals surface area contributed by atoms with E-state index in [2.05, 4.69) is 27.5 Å². The Morgan fingerprint density at radius 2 is 2.33 bits per heavy atom. The third-order valence-electron chi connectivity index (χ3n) is 3.41. The standard InChI is InChI=1S/C13H15ClN4/c14-12-6-10(11-2-1-5-15-7-11)3-4-13(12)18-9-16-8-17-18/h3-4,6,8-9,11,15H,1-2,5,7H2. The summed E-state index contributed by atoms with van der Waals surface area (Å²) < 4.78 is 1.69. The van der Waals surface area contributed by atoms with Crippen molar-refractivity contribution in [3.63, 3.8) is 0 Å². The number of halogens is 1. The van der Waals surface area contributed by atoms with E-state index in [1.165, 1.54) is 24.7 Å². The lowest BCUT2D eigenvalue weighted by molar-refractivity contribution is 0.461. The Balaban J connectivity index is 1.89. The first kappa shape index (κ1) is 11.7. The minimum Gasteiger partial charge on any atom is -0.316 e. The lowest BCUT2D eigenvalue weighted by Crippen LogP contribution is -2.28. The molecule has 5 heteroatoms. The minimum atomic E-state index is 0.570. The van der Waals surface area contributed by atoms with Gasteiger partial charge < -0.3 is 5.32 Å². The predicted octanol–water partition coefficient (Wildman–Crippen LogP) is 2.39. The molecule has 1 unspecified atom stereocenters. The van der Waals surface area contributed by atoms with Crippen LogP contribution in [0.1, 0.15) is 24.3 Å². The molecule has 2 aromatic rings. The monoisotopic (exact) mass is 262 g/mol. The normalized spacial score (nSPS) is 19.9. The number of aromatic nitrogens is 3. The molecule has 1 aromatic heterocycles. The van der Waals surface area contributed by atoms with Gasteiger partial charge in [0.15, 0.2) is 0 Å². The number of hydrogen-bond acceptors (Lipinski definition) is 3. The van der Waals surface area contributed by atoms with Crippen LogP contribution >= 0.6 is 11.6 Å². The summed E-state index contributed by atoms with van der Waals surface area (Å²) in [5.41, 5.74) is 2.18. The maximum absolute atomic E-state index is 6.33. The molecule has 1 aliphatic rings. The third kappa shape index (κ3) is 2.26. The second kappa shape index (κ2) is 5.08. The first-order valence-electron chi connectivity index (χ1n) is 6.20. The fraction of sp³-hybridized carbons (Fsp3) is 0.385. The molecule has 4 nitrogen and oxygen atoms in total. The van der Waals surface area contributed by atoms with Crippen LogP contribution in [-0.4, -0.2) is 27.9 Å². The lowest BCUT2D eigenvalue weighted by Gasteiger charge is -2.23. The van der Waals surface area contributed by atoms with E-state index in [1.807, 2.05) is 6.07 Å². The molecule has 0 amide bonds. The zero-order valence-corrected chi connectivity index (χ0v) is 10.8. The van der Waals surface area contributed by atoms with Gasteiger partial charge in [0.05, 0.1) is 10.7 Å². The van der Waals surface area contributed by atoms with E-state index in [1.54, 1.807) is 11.0 Å². The number of piperidine rings is 1. The Labute approximate surface area is 111 Å². The van der Waals surface area contributed by atoms with E-state index in [4.69, 9.17) is 11.6 Å². The molecular formula is C13H15ClN4. The first-order valence-corrected chi connectivity index (χ1v) is 6.57. The van der Waals surface area contributed by atoms with Gasteiger partial charge in [-0.25, -0.2) is 9.67 Å². The number of nitrogens with one attached hydrogen (secondary N) is 1. The van der Waals surface area contributed by atoms with Crippen LogP contribution in [0.25, 0.3) is 5.69 Å². The summed E-state index contributed by atoms with van der Waals surface area (Å²) in [5.74, 6) is 0.570. The van der Waals surface area contributed by atoms with Gasteiger partial charge in [-0.05, 0) is 43.0 Å². The molecule has 1 fully saturated rings. The molecule has 1 N–H and O–H groups in total. The molecule has 0 radical (unpaired) electrons. The largest absolute Gasteiger partial charge is 0.316 e. The fourth-order valence-corrected chi connectivity index (χ4v) is 2.71. The molecule has 1 aromatic carbocycles. The summed E-state index contributed by atoms with van der Waals surface area (Å²) in [7, 11) is 0. The van der Waals surface area contributed by atoms with Crippen LogP contribution in [0.2, 0.25) is 5.02 Å². The van der Waals surface area contributed by atoms with Crippen molar-refractivity contribution in [3.05, 3.63) is 41.4 Å². The van der Waals surface area contributed by atoms with Crippen molar-refractivity contribution < 1.29 is 0 Å². The SMILES string of the molecule is Clc1cc(C2CCCNC2)ccc1-n1cncn1. The Morgan fingerprint density at radius 1 is 1.39 bits per heavy atom. The molecule has 18 heavy (non-hydrogen) atoms. The second-order valence-corrected chi connectivity index (χ2v) is 5.00. The average molecular weight is 263 g/mol. The van der Waals surface area contributed by atoms with Crippen LogP contribution in [0.15, 0.2) is 30.9 Å². The van der Waals surface area contributed by atoms with Crippen molar-refractivity contribution in [2.45, 2.75) is 18.8 Å². The van der Waals surface area contributed by atoms with Crippen LogP contribution in [0, 0.1) is 0 Å². The summed E-state index contributed by atoms with van der Waals surface area (Å²) in [5, 5.41) is 8.25. The summed E-state index contributed by atoms with van der Waals surface area (Å²) in [6.45, 7) is 2.17. The van der Waals surface area contributed by atoms with Crippen molar-refractivity contribution in [1.29, 1.82) is 0 Å². The van der Waals surface area contributed by atoms with Crippen LogP contribution in [0.4, 0.5) is 0 Å². The summed E-state index contributed by atoms with van der Waals surface area (Å²) in [4.78, 5) is 3.94. The lowest BCUT2D eigenvalue weighted by atomic mass is 9.91. The van der Waals surface area contributed by atoms with Gasteiger partial charge in [0.2, 0.25) is 0 Å². The molecule has 0 spiro atoms. The van der Waals surface area contributed by atoms with Crippen molar-refractivity contribution in [2.75, 3.05) is 13.1 Å². The molecule has 0 aliphatic carbocycles. The van der Waals surface area contributed by atoms with Crippen molar-refractivity contribution in [3.8, 4) is 5.69 Å². The van der Waals surface area contributed by atoms with Crippen molar-refractivity contribution >= 4 is 11.6 Å². The zero-order chi connectivity index (χ0) is 12.4. The van der Waals surface area contributed by atoms with E-state index in [9.17, 15) is 0 Å². The number of hydrogen-bond donors (Lipinski definition) is 1. The zero-order valence-electron chi connectivity index (χ0n) is 10.0. The Morgan fingerprint density at radius 3 is 3.00 bits per heavy atom. The van der Waals surface area contributed by atoms with Gasteiger partial charge in [-0.1, -0.05) is 17.7 Å². The van der Waals surface area contributed by atoms with Gasteiger partial charge in [-0.15, -0.1) is 0 Å². The highest BCUT2D eigenvalue weighted by atomic mass is 35.5. The van der Waals surface area contributed by atoms with Gasteiger partial charge in [0, 0.05) is 6.54 Å². The topological polar surface area (TPSA) is 42.7 Å². The Hall–Kier alpha value is -1.39. The molecule has 3 rings (SSSR count). The fourth-order valence-electron chi connectivity index (χ4n) is 2.43. The van der Waals surface area contributed by atoms with E-state index in [-0.39, 0.29) is 0 Å². The van der Waals surface area contributed by atoms with Crippen LogP contribution in [0.5, 0.6) is 0 Å². The van der Waals surface area contributed by atoms with Gasteiger partial charge in [0.25, 0.3) is 0 Å². The van der Waals surface area contributed by atoms with E-state index in [0.717, 1.165) is 23.8 Å². The van der Waals surface area contributed by atoms with Gasteiger partial charge in [0.1, 0.15) is 12.7 Å². The highest BCUT2D eigenvalue weighted by molar-refractivity contribution is 6.32. The van der Waals surface area contributed by atoms with Crippen LogP contribution < -0.4 is 5.32 Å². The van der Waals surface area contributed by atoms with E-state index < -0.39 is 0 Å². The molecule has 1 atom stereocenters. The molecule has 2 heterocycles. The summed E-state index contributed by atoms with van der Waals surface area (Å²) in [6, 6.07) is 6.21. The smallest absolute Gasteiger partial charge is 0.138 e. The summed E-state index contributed by atoms with van der Waals surface area (Å²) in [6.07, 6.45) is 5.62. The number of benzene rings is 1. The van der Waals surface area contributed by atoms with Gasteiger partial charge in [-0.3, -0.25) is 0 Å². The molecular weight excluding hydrogens is 248 g/mol. The van der Waals surface area contributed by atoms with Gasteiger partial charge >= 0.3 is 0 Å². The van der Waals surface area contributed by atoms with Crippen molar-refractivity contribution in [1.82, 2.24) is 20.1 Å². The van der Waals surface area contributed by atoms with E-state index in [0.29, 0.717) is 5.92 Å². The third-order valence-corrected chi connectivity index (χ3v) is 3.71. The van der Waals surface area contributed by atoms with Crippen LogP contribution in [-0.2, 0) is 0 Å². The predicted molar refractivity (Wildman–Crippen MR) is 71.2 cm³/mol. The maximum atomic E-state index is 6.33. The minimum absolute atomic E-state index is 0.570. The average Bonchev–Trinajstić information content (AvgIpc) is 2.93. The summed E-state index contributed by atoms with van der Waals surface area (Å²) >= 11 is 6.33. The van der Waals surface area contributed by atoms with Crippen molar-refractivity contribution in [2.24, 2.45) is 0 Å². The Kier molecular flexibility index (Phi) is 3.30. The highest BCUT2D eigenvalue weighted by Crippen LogP contribution is 2.28. The van der Waals surface area contributed by atoms with Crippen LogP contribution in [0.3, 0.4) is 0 Å². The van der Waals surface area contributed by atoms with Gasteiger partial charge in [-0.2, -0.15) is 5.10 Å². The maximum Gasteiger partial charge on any atom is 0.138 e.